The highest BCUT2D eigenvalue weighted by Gasteiger charge is 2.29. The lowest BCUT2D eigenvalue weighted by Crippen LogP contribution is -2.32. The Morgan fingerprint density at radius 1 is 1.24 bits per heavy atom. The van der Waals surface area contributed by atoms with E-state index >= 15 is 0 Å². The number of benzene rings is 1. The van der Waals surface area contributed by atoms with Crippen molar-refractivity contribution < 1.29 is 26.8 Å². The summed E-state index contributed by atoms with van der Waals surface area (Å²) in [5.41, 5.74) is 1.15. The smallest absolute Gasteiger partial charge is 0.389 e. The third kappa shape index (κ3) is 4.81. The first-order chi connectivity index (χ1) is 16.2. The Hall–Kier alpha value is -3.68. The monoisotopic (exact) mass is 476 g/mol. The van der Waals surface area contributed by atoms with Crippen molar-refractivity contribution in [2.45, 2.75) is 51.2 Å². The van der Waals surface area contributed by atoms with Crippen molar-refractivity contribution in [3.8, 4) is 23.1 Å². The molecule has 0 spiro atoms. The van der Waals surface area contributed by atoms with Gasteiger partial charge in [0, 0.05) is 23.6 Å². The summed E-state index contributed by atoms with van der Waals surface area (Å²) in [6, 6.07) is 5.62. The number of methoxy groups -OCH3 is 1. The fourth-order valence-electron chi connectivity index (χ4n) is 4.03. The molecule has 0 saturated carbocycles. The van der Waals surface area contributed by atoms with Crippen molar-refractivity contribution in [3.63, 3.8) is 0 Å². The molecule has 11 heteroatoms. The molecule has 34 heavy (non-hydrogen) atoms. The maximum Gasteiger partial charge on any atom is 0.389 e. The minimum absolute atomic E-state index is 0.0144. The molecule has 0 unspecified atom stereocenters. The van der Waals surface area contributed by atoms with E-state index in [-0.39, 0.29) is 46.3 Å². The molecule has 0 bridgehead atoms. The number of nitrogens with zero attached hydrogens (tertiary/aromatic N) is 4. The second-order valence-corrected chi connectivity index (χ2v) is 7.99. The van der Waals surface area contributed by atoms with Crippen LogP contribution in [-0.4, -0.2) is 28.0 Å². The van der Waals surface area contributed by atoms with Crippen LogP contribution in [0, 0.1) is 17.1 Å². The molecular formula is C23H20F4N4O3. The average molecular weight is 476 g/mol. The van der Waals surface area contributed by atoms with Gasteiger partial charge in [-0.05, 0) is 37.8 Å². The number of alkyl halides is 3. The van der Waals surface area contributed by atoms with Crippen molar-refractivity contribution in [2.75, 3.05) is 7.11 Å². The highest BCUT2D eigenvalue weighted by Crippen LogP contribution is 2.31. The van der Waals surface area contributed by atoms with Gasteiger partial charge in [-0.3, -0.25) is 9.36 Å². The lowest BCUT2D eigenvalue weighted by atomic mass is 9.97. The molecule has 178 valence electrons. The molecule has 0 radical (unpaired) electrons. The quantitative estimate of drug-likeness (QED) is 0.492. The van der Waals surface area contributed by atoms with Crippen molar-refractivity contribution >= 4 is 0 Å². The van der Waals surface area contributed by atoms with E-state index in [2.05, 4.69) is 10.1 Å². The second-order valence-electron chi connectivity index (χ2n) is 7.99. The molecule has 1 aliphatic rings. The van der Waals surface area contributed by atoms with Crippen molar-refractivity contribution in [3.05, 3.63) is 62.7 Å². The van der Waals surface area contributed by atoms with E-state index in [1.54, 1.807) is 0 Å². The normalized spacial score (nSPS) is 13.4. The van der Waals surface area contributed by atoms with Crippen LogP contribution in [0.15, 0.2) is 27.5 Å². The number of rotatable bonds is 6. The van der Waals surface area contributed by atoms with Gasteiger partial charge < -0.3 is 9.26 Å². The van der Waals surface area contributed by atoms with E-state index in [1.165, 1.54) is 23.8 Å². The number of aromatic nitrogens is 3. The molecule has 3 aromatic rings. The van der Waals surface area contributed by atoms with Crippen molar-refractivity contribution in [2.24, 2.45) is 0 Å². The molecule has 0 atom stereocenters. The summed E-state index contributed by atoms with van der Waals surface area (Å²) in [5.74, 6) is -0.658. The molecule has 7 nitrogen and oxygen atoms in total. The minimum atomic E-state index is -4.39. The van der Waals surface area contributed by atoms with Crippen LogP contribution in [0.4, 0.5) is 17.6 Å². The van der Waals surface area contributed by atoms with Crippen LogP contribution < -0.4 is 10.3 Å². The van der Waals surface area contributed by atoms with Gasteiger partial charge >= 0.3 is 6.18 Å². The van der Waals surface area contributed by atoms with Gasteiger partial charge in [-0.2, -0.15) is 18.4 Å². The number of fused-ring (bicyclic) bond motifs is 1. The van der Waals surface area contributed by atoms with Crippen LogP contribution in [0.25, 0.3) is 11.3 Å². The molecule has 0 N–H and O–H groups in total. The lowest BCUT2D eigenvalue weighted by molar-refractivity contribution is -0.134. The number of aryl methyl sites for hydroxylation is 2. The van der Waals surface area contributed by atoms with E-state index in [0.29, 0.717) is 24.1 Å². The first-order valence-corrected chi connectivity index (χ1v) is 10.6. The van der Waals surface area contributed by atoms with Crippen LogP contribution in [0.3, 0.4) is 0 Å². The Morgan fingerprint density at radius 2 is 2.00 bits per heavy atom. The summed E-state index contributed by atoms with van der Waals surface area (Å²) in [7, 11) is 1.28. The molecule has 0 saturated heterocycles. The zero-order valence-corrected chi connectivity index (χ0v) is 18.2. The van der Waals surface area contributed by atoms with E-state index in [9.17, 15) is 27.6 Å². The second kappa shape index (κ2) is 9.29. The summed E-state index contributed by atoms with van der Waals surface area (Å²) in [6.45, 7) is -0.157. The van der Waals surface area contributed by atoms with Gasteiger partial charge in [0.2, 0.25) is 0 Å². The Labute approximate surface area is 191 Å². The number of hydrogen-bond acceptors (Lipinski definition) is 6. The summed E-state index contributed by atoms with van der Waals surface area (Å²) >= 11 is 0. The standard InChI is InChI=1S/C23H20F4N4O3/c1-33-20-10-16(13(11-28)8-17(20)24)19-9-14(30-34-19)12-31-21(6-7-23(25,26)27)29-18-5-3-2-4-15(18)22(31)32/h8-10H,2-7,12H2,1H3. The molecule has 0 aliphatic heterocycles. The first-order valence-electron chi connectivity index (χ1n) is 10.6. The summed E-state index contributed by atoms with van der Waals surface area (Å²) < 4.78 is 64.1. The predicted octanol–water partition coefficient (Wildman–Crippen LogP) is 4.34. The van der Waals surface area contributed by atoms with Gasteiger partial charge in [-0.1, -0.05) is 5.16 Å². The third-order valence-electron chi connectivity index (χ3n) is 5.71. The maximum atomic E-state index is 14.0. The molecule has 2 heterocycles. The molecule has 0 fully saturated rings. The van der Waals surface area contributed by atoms with Gasteiger partial charge in [-0.15, -0.1) is 0 Å². The van der Waals surface area contributed by atoms with Crippen LogP contribution in [0.2, 0.25) is 0 Å². The SMILES string of the molecule is COc1cc(-c2cc(Cn3c(CCC(F)(F)F)nc4c(c3=O)CCCC4)no2)c(C#N)cc1F. The number of halogens is 4. The Bertz CT molecular complexity index is 1320. The molecule has 4 rings (SSSR count). The maximum absolute atomic E-state index is 14.0. The van der Waals surface area contributed by atoms with Gasteiger partial charge in [0.15, 0.2) is 17.3 Å². The zero-order valence-electron chi connectivity index (χ0n) is 18.2. The largest absolute Gasteiger partial charge is 0.494 e. The van der Waals surface area contributed by atoms with Crippen molar-refractivity contribution in [1.29, 1.82) is 5.26 Å². The van der Waals surface area contributed by atoms with E-state index in [0.717, 1.165) is 18.9 Å². The zero-order chi connectivity index (χ0) is 24.5. The summed E-state index contributed by atoms with van der Waals surface area (Å²) in [4.78, 5) is 17.5. The van der Waals surface area contributed by atoms with Crippen LogP contribution in [0.1, 0.15) is 47.6 Å². The Morgan fingerprint density at radius 3 is 2.71 bits per heavy atom. The van der Waals surface area contributed by atoms with E-state index in [4.69, 9.17) is 9.26 Å². The minimum Gasteiger partial charge on any atom is -0.494 e. The van der Waals surface area contributed by atoms with Gasteiger partial charge in [0.05, 0.1) is 31.3 Å². The average Bonchev–Trinajstić information content (AvgIpc) is 3.27. The van der Waals surface area contributed by atoms with Gasteiger partial charge in [-0.25, -0.2) is 9.37 Å². The summed E-state index contributed by atoms with van der Waals surface area (Å²) in [6.07, 6.45) is -3.23. The highest BCUT2D eigenvalue weighted by molar-refractivity contribution is 5.68. The number of ether oxygens (including phenoxy) is 1. The predicted molar refractivity (Wildman–Crippen MR) is 112 cm³/mol. The van der Waals surface area contributed by atoms with Crippen LogP contribution in [0.5, 0.6) is 5.75 Å². The van der Waals surface area contributed by atoms with E-state index in [1.807, 2.05) is 6.07 Å². The fraction of sp³-hybridized carbons (Fsp3) is 0.391. The Balaban J connectivity index is 1.72. The van der Waals surface area contributed by atoms with E-state index < -0.39 is 24.8 Å². The molecular weight excluding hydrogens is 456 g/mol. The highest BCUT2D eigenvalue weighted by atomic mass is 19.4. The number of hydrogen-bond donors (Lipinski definition) is 0. The van der Waals surface area contributed by atoms with Crippen LogP contribution in [-0.2, 0) is 25.8 Å². The van der Waals surface area contributed by atoms with Crippen LogP contribution >= 0.6 is 0 Å². The molecule has 2 aromatic heterocycles. The molecule has 0 amide bonds. The van der Waals surface area contributed by atoms with Gasteiger partial charge in [0.1, 0.15) is 17.6 Å². The third-order valence-corrected chi connectivity index (χ3v) is 5.71. The first kappa shape index (κ1) is 23.5. The molecule has 1 aliphatic carbocycles. The van der Waals surface area contributed by atoms with Crippen molar-refractivity contribution in [1.82, 2.24) is 14.7 Å². The van der Waals surface area contributed by atoms with Gasteiger partial charge in [0.25, 0.3) is 5.56 Å². The summed E-state index contributed by atoms with van der Waals surface area (Å²) in [5, 5.41) is 13.3. The Kier molecular flexibility index (Phi) is 6.41. The topological polar surface area (TPSA) is 93.9 Å². The molecule has 1 aromatic carbocycles. The lowest BCUT2D eigenvalue weighted by Gasteiger charge is -2.19. The fourth-order valence-corrected chi connectivity index (χ4v) is 4.03. The number of nitriles is 1.